The van der Waals surface area contributed by atoms with Crippen LogP contribution in [0.15, 0.2) is 42.5 Å². The molecule has 0 radical (unpaired) electrons. The Kier molecular flexibility index (Phi) is 5.36. The molecule has 0 bridgehead atoms. The molecule has 0 atom stereocenters. The van der Waals surface area contributed by atoms with E-state index < -0.39 is 0 Å². The van der Waals surface area contributed by atoms with Crippen molar-refractivity contribution in [2.24, 2.45) is 0 Å². The van der Waals surface area contributed by atoms with Crippen molar-refractivity contribution in [3.63, 3.8) is 0 Å². The van der Waals surface area contributed by atoms with E-state index in [4.69, 9.17) is 0 Å². The normalized spacial score (nSPS) is 10.0. The molecule has 120 valence electrons. The summed E-state index contributed by atoms with van der Waals surface area (Å²) in [7, 11) is 1.59. The molecular formula is C18H21N3O2. The van der Waals surface area contributed by atoms with Crippen molar-refractivity contribution in [2.75, 3.05) is 12.4 Å². The van der Waals surface area contributed by atoms with Gasteiger partial charge < -0.3 is 16.0 Å². The highest BCUT2D eigenvalue weighted by atomic mass is 16.2. The van der Waals surface area contributed by atoms with Crippen LogP contribution < -0.4 is 16.0 Å². The van der Waals surface area contributed by atoms with E-state index in [1.165, 1.54) is 0 Å². The number of amides is 3. The molecule has 2 aromatic carbocycles. The van der Waals surface area contributed by atoms with Gasteiger partial charge >= 0.3 is 6.03 Å². The highest BCUT2D eigenvalue weighted by Crippen LogP contribution is 2.16. The van der Waals surface area contributed by atoms with Crippen molar-refractivity contribution in [2.45, 2.75) is 20.4 Å². The summed E-state index contributed by atoms with van der Waals surface area (Å²) >= 11 is 0. The van der Waals surface area contributed by atoms with E-state index in [9.17, 15) is 9.59 Å². The summed E-state index contributed by atoms with van der Waals surface area (Å²) in [5.41, 5.74) is 4.29. The summed E-state index contributed by atoms with van der Waals surface area (Å²) in [6, 6.07) is 12.8. The first-order valence-electron chi connectivity index (χ1n) is 7.43. The Bertz CT molecular complexity index is 726. The number of rotatable bonds is 4. The van der Waals surface area contributed by atoms with Crippen LogP contribution in [0, 0.1) is 13.8 Å². The number of nitrogens with one attached hydrogen (secondary N) is 3. The van der Waals surface area contributed by atoms with Gasteiger partial charge in [0.2, 0.25) is 0 Å². The largest absolute Gasteiger partial charge is 0.355 e. The maximum Gasteiger partial charge on any atom is 0.319 e. The summed E-state index contributed by atoms with van der Waals surface area (Å²) < 4.78 is 0. The smallest absolute Gasteiger partial charge is 0.319 e. The second kappa shape index (κ2) is 7.45. The number of carbonyl (C=O) groups is 2. The number of anilines is 1. The molecule has 2 aromatic rings. The van der Waals surface area contributed by atoms with Crippen molar-refractivity contribution < 1.29 is 9.59 Å². The fraction of sp³-hybridized carbons (Fsp3) is 0.222. The molecule has 0 aliphatic heterocycles. The van der Waals surface area contributed by atoms with Crippen molar-refractivity contribution in [3.8, 4) is 0 Å². The molecule has 3 amide bonds. The summed E-state index contributed by atoms with van der Waals surface area (Å²) in [4.78, 5) is 23.6. The number of aryl methyl sites for hydroxylation is 2. The fourth-order valence-electron chi connectivity index (χ4n) is 2.24. The van der Waals surface area contributed by atoms with Gasteiger partial charge in [-0.15, -0.1) is 0 Å². The van der Waals surface area contributed by atoms with Gasteiger partial charge in [0.15, 0.2) is 0 Å². The Hall–Kier alpha value is -2.82. The van der Waals surface area contributed by atoms with Gasteiger partial charge in [-0.05, 0) is 48.7 Å². The van der Waals surface area contributed by atoms with E-state index >= 15 is 0 Å². The van der Waals surface area contributed by atoms with Crippen LogP contribution in [0.25, 0.3) is 0 Å². The molecule has 0 saturated heterocycles. The van der Waals surface area contributed by atoms with Gasteiger partial charge in [-0.1, -0.05) is 24.3 Å². The molecule has 0 saturated carbocycles. The van der Waals surface area contributed by atoms with Crippen LogP contribution in [-0.2, 0) is 6.54 Å². The third-order valence-electron chi connectivity index (χ3n) is 3.66. The number of urea groups is 1. The highest BCUT2D eigenvalue weighted by molar-refractivity contribution is 5.96. The zero-order valence-electron chi connectivity index (χ0n) is 13.6. The summed E-state index contributed by atoms with van der Waals surface area (Å²) in [5.74, 6) is -0.149. The van der Waals surface area contributed by atoms with Crippen LogP contribution in [0.4, 0.5) is 10.5 Å². The van der Waals surface area contributed by atoms with E-state index in [-0.39, 0.29) is 11.9 Å². The number of hydrogen-bond acceptors (Lipinski definition) is 2. The van der Waals surface area contributed by atoms with E-state index in [1.807, 2.05) is 38.1 Å². The van der Waals surface area contributed by atoms with E-state index in [1.54, 1.807) is 25.2 Å². The predicted octanol–water partition coefficient (Wildman–Crippen LogP) is 2.98. The fourth-order valence-corrected chi connectivity index (χ4v) is 2.24. The van der Waals surface area contributed by atoms with Crippen LogP contribution in [0.5, 0.6) is 0 Å². The minimum absolute atomic E-state index is 0.149. The second-order valence-electron chi connectivity index (χ2n) is 5.34. The van der Waals surface area contributed by atoms with Crippen LogP contribution in [0.1, 0.15) is 27.0 Å². The van der Waals surface area contributed by atoms with Crippen LogP contribution >= 0.6 is 0 Å². The van der Waals surface area contributed by atoms with Gasteiger partial charge in [-0.25, -0.2) is 4.79 Å². The van der Waals surface area contributed by atoms with E-state index in [0.717, 1.165) is 16.7 Å². The quantitative estimate of drug-likeness (QED) is 0.812. The average molecular weight is 311 g/mol. The van der Waals surface area contributed by atoms with Gasteiger partial charge in [0.25, 0.3) is 5.91 Å². The number of hydrogen-bond donors (Lipinski definition) is 3. The molecule has 0 unspecified atom stereocenters. The highest BCUT2D eigenvalue weighted by Gasteiger charge is 2.08. The molecule has 0 aromatic heterocycles. The minimum atomic E-state index is -0.274. The lowest BCUT2D eigenvalue weighted by Gasteiger charge is -2.12. The predicted molar refractivity (Wildman–Crippen MR) is 91.6 cm³/mol. The lowest BCUT2D eigenvalue weighted by molar-refractivity contribution is 0.0963. The van der Waals surface area contributed by atoms with Gasteiger partial charge in [0, 0.05) is 24.8 Å². The molecule has 0 aliphatic rings. The lowest BCUT2D eigenvalue weighted by atomic mass is 10.1. The van der Waals surface area contributed by atoms with Gasteiger partial charge in [0.05, 0.1) is 0 Å². The SMILES string of the molecule is CNC(=O)c1ccc(NC(=O)NCc2ccccc2C)c(C)c1. The molecule has 0 aliphatic carbocycles. The molecule has 5 heteroatoms. The number of carbonyl (C=O) groups excluding carboxylic acids is 2. The number of benzene rings is 2. The Morgan fingerprint density at radius 1 is 1.00 bits per heavy atom. The first-order valence-corrected chi connectivity index (χ1v) is 7.43. The topological polar surface area (TPSA) is 70.2 Å². The van der Waals surface area contributed by atoms with Crippen molar-refractivity contribution in [1.82, 2.24) is 10.6 Å². The minimum Gasteiger partial charge on any atom is -0.355 e. The molecule has 0 spiro atoms. The summed E-state index contributed by atoms with van der Waals surface area (Å²) in [6.45, 7) is 4.33. The third kappa shape index (κ3) is 4.32. The zero-order chi connectivity index (χ0) is 16.8. The standard InChI is InChI=1S/C18H21N3O2/c1-12-6-4-5-7-15(12)11-20-18(23)21-16-9-8-14(10-13(16)2)17(22)19-3/h4-10H,11H2,1-3H3,(H,19,22)(H2,20,21,23). The molecule has 5 nitrogen and oxygen atoms in total. The molecule has 23 heavy (non-hydrogen) atoms. The summed E-state index contributed by atoms with van der Waals surface area (Å²) in [6.07, 6.45) is 0. The summed E-state index contributed by atoms with van der Waals surface area (Å²) in [5, 5.41) is 8.21. The van der Waals surface area contributed by atoms with Crippen LogP contribution in [-0.4, -0.2) is 19.0 Å². The van der Waals surface area contributed by atoms with E-state index in [0.29, 0.717) is 17.8 Å². The Morgan fingerprint density at radius 3 is 2.39 bits per heavy atom. The lowest BCUT2D eigenvalue weighted by Crippen LogP contribution is -2.28. The maximum absolute atomic E-state index is 12.0. The molecule has 2 rings (SSSR count). The first kappa shape index (κ1) is 16.5. The first-order chi connectivity index (χ1) is 11.0. The molecule has 0 fully saturated rings. The maximum atomic E-state index is 12.0. The van der Waals surface area contributed by atoms with Crippen molar-refractivity contribution >= 4 is 17.6 Å². The molecule has 3 N–H and O–H groups in total. The Balaban J connectivity index is 1.98. The van der Waals surface area contributed by atoms with Gasteiger partial charge in [0.1, 0.15) is 0 Å². The zero-order valence-corrected chi connectivity index (χ0v) is 13.6. The van der Waals surface area contributed by atoms with Crippen LogP contribution in [0.3, 0.4) is 0 Å². The van der Waals surface area contributed by atoms with E-state index in [2.05, 4.69) is 16.0 Å². The van der Waals surface area contributed by atoms with Crippen molar-refractivity contribution in [3.05, 3.63) is 64.7 Å². The third-order valence-corrected chi connectivity index (χ3v) is 3.66. The molecular weight excluding hydrogens is 290 g/mol. The molecule has 0 heterocycles. The van der Waals surface area contributed by atoms with Gasteiger partial charge in [-0.3, -0.25) is 4.79 Å². The average Bonchev–Trinajstić information content (AvgIpc) is 2.55. The Labute approximate surface area is 136 Å². The Morgan fingerprint density at radius 2 is 1.74 bits per heavy atom. The second-order valence-corrected chi connectivity index (χ2v) is 5.34. The van der Waals surface area contributed by atoms with Gasteiger partial charge in [-0.2, -0.15) is 0 Å². The van der Waals surface area contributed by atoms with Crippen LogP contribution in [0.2, 0.25) is 0 Å². The monoisotopic (exact) mass is 311 g/mol. The van der Waals surface area contributed by atoms with Crippen molar-refractivity contribution in [1.29, 1.82) is 0 Å².